The maximum Gasteiger partial charge on any atom is 0.339 e. The zero-order chi connectivity index (χ0) is 16.4. The van der Waals surface area contributed by atoms with E-state index in [2.05, 4.69) is 4.98 Å². The van der Waals surface area contributed by atoms with Crippen LogP contribution in [0.25, 0.3) is 0 Å². The summed E-state index contributed by atoms with van der Waals surface area (Å²) in [6, 6.07) is 2.67. The van der Waals surface area contributed by atoms with E-state index in [1.54, 1.807) is 37.6 Å². The van der Waals surface area contributed by atoms with E-state index in [0.717, 1.165) is 0 Å². The number of ketones is 1. The number of nitrogens with zero attached hydrogens (tertiary/aromatic N) is 1. The summed E-state index contributed by atoms with van der Waals surface area (Å²) in [6.07, 6.45) is 3.18. The van der Waals surface area contributed by atoms with E-state index in [0.29, 0.717) is 22.5 Å². The van der Waals surface area contributed by atoms with Gasteiger partial charge in [0, 0.05) is 18.7 Å². The molecule has 0 spiro atoms. The van der Waals surface area contributed by atoms with Crippen molar-refractivity contribution in [3.8, 4) is 5.75 Å². The smallest absolute Gasteiger partial charge is 0.339 e. The molecule has 6 heteroatoms. The minimum Gasteiger partial charge on any atom is -0.503 e. The van der Waals surface area contributed by atoms with E-state index in [-0.39, 0.29) is 11.5 Å². The van der Waals surface area contributed by atoms with Crippen molar-refractivity contribution in [1.82, 2.24) is 4.98 Å². The first kappa shape index (κ1) is 15.8. The van der Waals surface area contributed by atoms with Crippen LogP contribution in [-0.4, -0.2) is 29.0 Å². The highest BCUT2D eigenvalue weighted by Crippen LogP contribution is 2.21. The van der Waals surface area contributed by atoms with Crippen molar-refractivity contribution in [1.29, 1.82) is 0 Å². The number of ether oxygens (including phenoxy) is 1. The molecule has 2 heterocycles. The van der Waals surface area contributed by atoms with Crippen molar-refractivity contribution in [2.75, 3.05) is 7.11 Å². The molecule has 0 aliphatic carbocycles. The Morgan fingerprint density at radius 3 is 2.64 bits per heavy atom. The number of Topliss-reactive ketones (excluding diaryl/α,β-unsaturated/α-hetero) is 1. The Balaban J connectivity index is 2.40. The number of aromatic hydroxyl groups is 1. The average Bonchev–Trinajstić information content (AvgIpc) is 2.80. The second-order valence-corrected chi connectivity index (χ2v) is 5.17. The van der Waals surface area contributed by atoms with E-state index < -0.39 is 12.0 Å². The fourth-order valence-corrected chi connectivity index (χ4v) is 2.47. The first-order valence-corrected chi connectivity index (χ1v) is 6.88. The van der Waals surface area contributed by atoms with Gasteiger partial charge in [-0.25, -0.2) is 4.79 Å². The van der Waals surface area contributed by atoms with Crippen molar-refractivity contribution >= 4 is 11.8 Å². The summed E-state index contributed by atoms with van der Waals surface area (Å²) < 4.78 is 6.36. The van der Waals surface area contributed by atoms with Crippen LogP contribution < -0.4 is 4.57 Å². The van der Waals surface area contributed by atoms with Crippen molar-refractivity contribution < 1.29 is 24.0 Å². The average molecular weight is 303 g/mol. The molecule has 0 fully saturated rings. The van der Waals surface area contributed by atoms with Gasteiger partial charge in [-0.2, -0.15) is 4.57 Å². The van der Waals surface area contributed by atoms with Gasteiger partial charge in [0.1, 0.15) is 0 Å². The summed E-state index contributed by atoms with van der Waals surface area (Å²) in [5.74, 6) is -0.564. The Morgan fingerprint density at radius 2 is 2.05 bits per heavy atom. The third kappa shape index (κ3) is 2.72. The van der Waals surface area contributed by atoms with Crippen LogP contribution in [-0.2, 0) is 4.74 Å². The zero-order valence-electron chi connectivity index (χ0n) is 13.0. The molecule has 2 N–H and O–H groups in total. The minimum atomic E-state index is -0.519. The third-order valence-corrected chi connectivity index (χ3v) is 3.71. The predicted molar refractivity (Wildman–Crippen MR) is 78.9 cm³/mol. The summed E-state index contributed by atoms with van der Waals surface area (Å²) >= 11 is 0. The third-order valence-electron chi connectivity index (χ3n) is 3.71. The van der Waals surface area contributed by atoms with Crippen molar-refractivity contribution in [2.45, 2.75) is 26.8 Å². The number of hydrogen-bond donors (Lipinski definition) is 2. The molecule has 2 aromatic heterocycles. The number of carbonyl (C=O) groups is 2. The maximum atomic E-state index is 12.7. The standard InChI is InChI=1S/C16H18N2O4/c1-9-13(16(21)22-4)10(2)17-14(9)15(20)11(3)18-7-5-6-12(19)8-18/h5-8,11H,1-4H3,(H-,17,19,20,21)/p+1/t11-/m1/s1. The lowest BCUT2D eigenvalue weighted by Crippen LogP contribution is -2.41. The van der Waals surface area contributed by atoms with Crippen LogP contribution in [0, 0.1) is 13.8 Å². The molecule has 0 unspecified atom stereocenters. The summed E-state index contributed by atoms with van der Waals surface area (Å²) in [4.78, 5) is 27.4. The fourth-order valence-electron chi connectivity index (χ4n) is 2.47. The Kier molecular flexibility index (Phi) is 4.30. The largest absolute Gasteiger partial charge is 0.503 e. The Morgan fingerprint density at radius 1 is 1.36 bits per heavy atom. The number of rotatable bonds is 4. The van der Waals surface area contributed by atoms with Crippen molar-refractivity contribution in [3.63, 3.8) is 0 Å². The molecule has 1 atom stereocenters. The molecule has 116 valence electrons. The number of aromatic amines is 1. The SMILES string of the molecule is COC(=O)c1c(C)[nH]c(C(=O)[C@@H](C)[n+]2cccc(O)c2)c1C. The van der Waals surface area contributed by atoms with Gasteiger partial charge in [0.25, 0.3) is 0 Å². The number of esters is 1. The maximum absolute atomic E-state index is 12.7. The molecule has 0 aromatic carbocycles. The highest BCUT2D eigenvalue weighted by Gasteiger charge is 2.29. The lowest BCUT2D eigenvalue weighted by atomic mass is 10.0. The van der Waals surface area contributed by atoms with E-state index in [1.807, 2.05) is 0 Å². The number of hydrogen-bond acceptors (Lipinski definition) is 4. The van der Waals surface area contributed by atoms with Crippen LogP contribution in [0.15, 0.2) is 24.5 Å². The minimum absolute atomic E-state index is 0.0804. The Bertz CT molecular complexity index is 734. The fraction of sp³-hybridized carbons (Fsp3) is 0.312. The molecular formula is C16H19N2O4+. The lowest BCUT2D eigenvalue weighted by molar-refractivity contribution is -0.705. The van der Waals surface area contributed by atoms with Gasteiger partial charge in [-0.1, -0.05) is 0 Å². The zero-order valence-corrected chi connectivity index (χ0v) is 13.0. The van der Waals surface area contributed by atoms with Crippen LogP contribution in [0.1, 0.15) is 45.1 Å². The van der Waals surface area contributed by atoms with Gasteiger partial charge in [-0.15, -0.1) is 0 Å². The number of H-pyrrole nitrogens is 1. The van der Waals surface area contributed by atoms with Gasteiger partial charge in [-0.3, -0.25) is 4.79 Å². The first-order valence-electron chi connectivity index (χ1n) is 6.88. The topological polar surface area (TPSA) is 83.3 Å². The number of methoxy groups -OCH3 is 1. The molecule has 2 rings (SSSR count). The Labute approximate surface area is 128 Å². The highest BCUT2D eigenvalue weighted by atomic mass is 16.5. The summed E-state index contributed by atoms with van der Waals surface area (Å²) in [5.41, 5.74) is 1.93. The van der Waals surface area contributed by atoms with Crippen LogP contribution >= 0.6 is 0 Å². The summed E-state index contributed by atoms with van der Waals surface area (Å²) in [5, 5.41) is 9.52. The molecule has 0 aliphatic heterocycles. The molecule has 0 saturated heterocycles. The van der Waals surface area contributed by atoms with Crippen molar-refractivity contribution in [2.24, 2.45) is 0 Å². The summed E-state index contributed by atoms with van der Waals surface area (Å²) in [7, 11) is 1.31. The normalized spacial score (nSPS) is 12.0. The number of carbonyl (C=O) groups excluding carboxylic acids is 2. The van der Waals surface area contributed by atoms with Crippen LogP contribution in [0.2, 0.25) is 0 Å². The Hall–Kier alpha value is -2.63. The van der Waals surface area contributed by atoms with Crippen LogP contribution in [0.5, 0.6) is 5.75 Å². The number of nitrogens with one attached hydrogen (secondary N) is 1. The lowest BCUT2D eigenvalue weighted by Gasteiger charge is -2.06. The van der Waals surface area contributed by atoms with Gasteiger partial charge in [0.05, 0.1) is 18.4 Å². The van der Waals surface area contributed by atoms with Crippen LogP contribution in [0.4, 0.5) is 0 Å². The predicted octanol–water partition coefficient (Wildman–Crippen LogP) is 1.86. The molecular weight excluding hydrogens is 284 g/mol. The van der Waals surface area contributed by atoms with E-state index in [9.17, 15) is 14.7 Å². The van der Waals surface area contributed by atoms with Crippen LogP contribution in [0.3, 0.4) is 0 Å². The second kappa shape index (κ2) is 6.01. The van der Waals surface area contributed by atoms with Gasteiger partial charge < -0.3 is 14.8 Å². The van der Waals surface area contributed by atoms with Gasteiger partial charge >= 0.3 is 5.97 Å². The number of pyridine rings is 1. The quantitative estimate of drug-likeness (QED) is 0.513. The van der Waals surface area contributed by atoms with Gasteiger partial charge in [0.2, 0.25) is 18.0 Å². The second-order valence-electron chi connectivity index (χ2n) is 5.17. The van der Waals surface area contributed by atoms with Gasteiger partial charge in [0.15, 0.2) is 11.9 Å². The molecule has 22 heavy (non-hydrogen) atoms. The summed E-state index contributed by atoms with van der Waals surface area (Å²) in [6.45, 7) is 5.17. The first-order chi connectivity index (χ1) is 10.4. The molecule has 0 amide bonds. The number of aromatic nitrogens is 2. The van der Waals surface area contributed by atoms with E-state index in [1.165, 1.54) is 19.4 Å². The molecule has 0 radical (unpaired) electrons. The van der Waals surface area contributed by atoms with E-state index in [4.69, 9.17) is 4.74 Å². The van der Waals surface area contributed by atoms with Crippen molar-refractivity contribution in [3.05, 3.63) is 47.0 Å². The highest BCUT2D eigenvalue weighted by molar-refractivity contribution is 6.02. The molecule has 0 bridgehead atoms. The molecule has 0 saturated carbocycles. The van der Waals surface area contributed by atoms with E-state index >= 15 is 0 Å². The van der Waals surface area contributed by atoms with Gasteiger partial charge in [-0.05, 0) is 25.5 Å². The monoisotopic (exact) mass is 303 g/mol. The number of aryl methyl sites for hydroxylation is 1. The molecule has 0 aliphatic rings. The molecule has 2 aromatic rings. The molecule has 6 nitrogen and oxygen atoms in total.